The third-order valence-corrected chi connectivity index (χ3v) is 9.86. The number of rotatable bonds is 26. The van der Waals surface area contributed by atoms with Gasteiger partial charge in [-0.1, -0.05) is 39.5 Å². The molecule has 0 bridgehead atoms. The molecule has 0 heterocycles. The van der Waals surface area contributed by atoms with Gasteiger partial charge in [-0.05, 0) is 0 Å². The maximum atomic E-state index is 10.8. The number of halogens is 6. The normalized spacial score (nSPS) is 8.67. The Kier molecular flexibility index (Phi) is 95.5. The Morgan fingerprint density at radius 1 is 0.333 bits per heavy atom. The number of unbranched alkanes of at least 4 members (excludes halogenated alkanes) is 18. The predicted molar refractivity (Wildman–Crippen MR) is 219 cm³/mol. The van der Waals surface area contributed by atoms with E-state index in [2.05, 4.69) is 13.8 Å². The van der Waals surface area contributed by atoms with Crippen molar-refractivity contribution in [2.24, 2.45) is 0 Å². The van der Waals surface area contributed by atoms with E-state index in [1.165, 1.54) is 116 Å². The van der Waals surface area contributed by atoms with Gasteiger partial charge in [-0.25, -0.2) is 0 Å². The first kappa shape index (κ1) is 89.8. The van der Waals surface area contributed by atoms with E-state index >= 15 is 0 Å². The first-order chi connectivity index (χ1) is 28.4. The maximum absolute atomic E-state index is 10.8. The van der Waals surface area contributed by atoms with Crippen LogP contribution in [0.2, 0.25) is 0 Å². The van der Waals surface area contributed by atoms with Crippen LogP contribution in [0.4, 0.5) is 28.2 Å². The van der Waals surface area contributed by atoms with Gasteiger partial charge in [0.15, 0.2) is 0 Å². The van der Waals surface area contributed by atoms with Crippen LogP contribution in [0, 0.1) is 0 Å². The number of para-hydroxylation sites is 2. The van der Waals surface area contributed by atoms with Gasteiger partial charge in [0, 0.05) is 0 Å². The second-order valence-corrected chi connectivity index (χ2v) is 21.3. The minimum atomic E-state index is -4.20. The van der Waals surface area contributed by atoms with E-state index in [9.17, 15) is 12.8 Å². The quantitative estimate of drug-likeness (QED) is 0.0559. The Morgan fingerprint density at radius 3 is 0.712 bits per heavy atom. The summed E-state index contributed by atoms with van der Waals surface area (Å²) in [4.78, 5) is 0. The molecule has 0 saturated heterocycles. The van der Waals surface area contributed by atoms with Crippen molar-refractivity contribution in [1.29, 1.82) is 0 Å². The Labute approximate surface area is 433 Å². The molecular formula is C36H64F6O18Sb6-10. The molecule has 2 rings (SSSR count). The zero-order valence-corrected chi connectivity index (χ0v) is 52.0. The van der Waals surface area contributed by atoms with E-state index in [0.29, 0.717) is 11.5 Å². The molecule has 0 fully saturated rings. The molecule has 0 N–H and O–H groups in total. The van der Waals surface area contributed by atoms with Crippen LogP contribution in [0.25, 0.3) is 0 Å². The second kappa shape index (κ2) is 70.2. The predicted octanol–water partition coefficient (Wildman–Crippen LogP) is -1.99. The van der Waals surface area contributed by atoms with Crippen LogP contribution in [0.3, 0.4) is 0 Å². The number of aryl methyl sites for hydroxylation is 2. The molecule has 0 spiro atoms. The zero-order valence-electron chi connectivity index (χ0n) is 36.7. The topological polar surface area (TPSA) is 351 Å². The molecule has 0 aliphatic carbocycles. The molecule has 0 amide bonds. The van der Waals surface area contributed by atoms with Gasteiger partial charge in [0.05, 0.1) is 0 Å². The monoisotopic (exact) mass is 1620 g/mol. The zero-order chi connectivity index (χ0) is 46.4. The summed E-state index contributed by atoms with van der Waals surface area (Å²) >= 11 is -24.6. The van der Waals surface area contributed by atoms with Gasteiger partial charge in [-0.3, -0.25) is 28.2 Å². The Bertz CT molecular complexity index is 1290. The van der Waals surface area contributed by atoms with Gasteiger partial charge < -0.3 is 0 Å². The Hall–Kier alpha value is 0.929. The van der Waals surface area contributed by atoms with E-state index in [4.69, 9.17) is 45.2 Å². The van der Waals surface area contributed by atoms with Crippen molar-refractivity contribution in [1.82, 2.24) is 0 Å². The van der Waals surface area contributed by atoms with Crippen LogP contribution in [-0.4, -0.2) is 126 Å². The molecule has 66 heavy (non-hydrogen) atoms. The van der Waals surface area contributed by atoms with E-state index in [0.717, 1.165) is 36.8 Å². The first-order valence-electron chi connectivity index (χ1n) is 19.5. The van der Waals surface area contributed by atoms with Crippen molar-refractivity contribution in [3.8, 4) is 11.5 Å². The summed E-state index contributed by atoms with van der Waals surface area (Å²) in [6.07, 6.45) is 28.0. The number of hydrogen-bond donors (Lipinski definition) is 0. The molecule has 0 saturated carbocycles. The molecule has 18 nitrogen and oxygen atoms in total. The van der Waals surface area contributed by atoms with E-state index < -0.39 is 126 Å². The standard InChI is InChI=1S/2C18H30O.6FH.16O.6Sb/c2*1-2-3-4-5-6-7-8-9-10-11-14-17-15-12-13-16-18(17)19;;;;;;;;;;;;;;;;;;;;;;;;;;;;/h2*12-13,15-16,19H,2-11,14H2,1H3;6*1H;;;;;;;;;;;;;;;;;;;;;;/q;;;;;;;;;;;;;;10*-1;;;;;2*+1/p-2. The van der Waals surface area contributed by atoms with Gasteiger partial charge in [0.1, 0.15) is 0 Å². The SMILES string of the molecule is CCCCCCCCCCCCc1ccccc1[O][Sb](=[O])[O-].CCCCCCCCCCCCc1ccccc1[O][Sb](=[O])[O-].F.F.F.F.F.F.[O]=[Sb]([O-])[O-].[O]=[Sb]([O-])[O-].[O]=[Sb]([O-])[O-].[O]=[Sb]([O-])[O-]. The number of hydrogen-bond acceptors (Lipinski definition) is 18. The van der Waals surface area contributed by atoms with Gasteiger partial charge in [0.2, 0.25) is 0 Å². The fraction of sp³-hybridized carbons (Fsp3) is 0.667. The van der Waals surface area contributed by atoms with Crippen molar-refractivity contribution < 1.29 is 86.2 Å². The van der Waals surface area contributed by atoms with Crippen molar-refractivity contribution in [3.63, 3.8) is 0 Å². The molecule has 2 aromatic rings. The molecule has 30 heteroatoms. The molecule has 6 radical (unpaired) electrons. The van der Waals surface area contributed by atoms with Crippen molar-refractivity contribution in [2.45, 2.75) is 155 Å². The third-order valence-electron chi connectivity index (χ3n) is 7.89. The van der Waals surface area contributed by atoms with E-state index in [1.807, 2.05) is 36.4 Å². The Morgan fingerprint density at radius 2 is 0.515 bits per heavy atom. The average Bonchev–Trinajstić information content (AvgIpc) is 3.13. The van der Waals surface area contributed by atoms with Gasteiger partial charge >= 0.3 is 371 Å². The summed E-state index contributed by atoms with van der Waals surface area (Å²) in [6.45, 7) is 4.50. The fourth-order valence-corrected chi connectivity index (χ4v) is 7.30. The van der Waals surface area contributed by atoms with Crippen LogP contribution in [0.1, 0.15) is 153 Å². The second-order valence-electron chi connectivity index (χ2n) is 12.6. The molecule has 0 aromatic heterocycles. The van der Waals surface area contributed by atoms with Crippen LogP contribution >= 0.6 is 0 Å². The van der Waals surface area contributed by atoms with Gasteiger partial charge in [-0.15, -0.1) is 0 Å². The van der Waals surface area contributed by atoms with Crippen molar-refractivity contribution in [3.05, 3.63) is 59.7 Å². The van der Waals surface area contributed by atoms with E-state index in [1.54, 1.807) is 12.1 Å². The van der Waals surface area contributed by atoms with Crippen molar-refractivity contribution >= 4 is 126 Å². The molecule has 0 atom stereocenters. The van der Waals surface area contributed by atoms with Crippen LogP contribution in [0.15, 0.2) is 48.5 Å². The van der Waals surface area contributed by atoms with Gasteiger partial charge in [0.25, 0.3) is 0 Å². The molecule has 398 valence electrons. The number of benzene rings is 2. The summed E-state index contributed by atoms with van der Waals surface area (Å²) in [7, 11) is 0. The summed E-state index contributed by atoms with van der Waals surface area (Å²) < 4.78 is 156. The first-order valence-corrected chi connectivity index (χ1v) is 38.2. The Balaban J connectivity index is -0.0000000835. The van der Waals surface area contributed by atoms with E-state index in [-0.39, 0.29) is 28.2 Å². The molecule has 0 aliphatic rings. The summed E-state index contributed by atoms with van der Waals surface area (Å²) in [5.74, 6) is 1.07. The minimum absolute atomic E-state index is 0. The van der Waals surface area contributed by atoms with Crippen LogP contribution < -0.4 is 39.9 Å². The fourth-order valence-electron chi connectivity index (χ4n) is 5.37. The third kappa shape index (κ3) is 87.9. The van der Waals surface area contributed by atoms with Crippen LogP contribution in [0.5, 0.6) is 11.5 Å². The van der Waals surface area contributed by atoms with Crippen LogP contribution in [-0.2, 0) is 30.9 Å². The molecule has 2 aromatic carbocycles. The molecule has 0 unspecified atom stereocenters. The summed E-state index contributed by atoms with van der Waals surface area (Å²) in [6, 6.07) is 14.9. The van der Waals surface area contributed by atoms with Gasteiger partial charge in [-0.2, -0.15) is 0 Å². The van der Waals surface area contributed by atoms with Crippen molar-refractivity contribution in [2.75, 3.05) is 0 Å². The molecule has 0 aliphatic heterocycles. The summed E-state index contributed by atoms with van der Waals surface area (Å²) in [5.41, 5.74) is 2.03. The molecular weight excluding hydrogens is 1560 g/mol. The summed E-state index contributed by atoms with van der Waals surface area (Å²) in [5, 5.41) is 0. The average molecular weight is 1630 g/mol.